The van der Waals surface area contributed by atoms with Gasteiger partial charge in [0, 0.05) is 36.8 Å². The van der Waals surface area contributed by atoms with Crippen molar-refractivity contribution in [3.63, 3.8) is 0 Å². The zero-order chi connectivity index (χ0) is 28.8. The molecule has 1 saturated heterocycles. The lowest BCUT2D eigenvalue weighted by Gasteiger charge is -2.39. The van der Waals surface area contributed by atoms with Gasteiger partial charge in [0.2, 0.25) is 5.91 Å². The number of benzene rings is 1. The Morgan fingerprint density at radius 2 is 1.68 bits per heavy atom. The summed E-state index contributed by atoms with van der Waals surface area (Å²) in [5.74, 6) is -2.93. The predicted molar refractivity (Wildman–Crippen MR) is 136 cm³/mol. The molecule has 5 rings (SSSR count). The topological polar surface area (TPSA) is 123 Å². The van der Waals surface area contributed by atoms with Gasteiger partial charge in [-0.3, -0.25) is 24.0 Å². The molecule has 2 fully saturated rings. The molecule has 13 heteroatoms. The maximum atomic E-state index is 13.5. The number of alkyl halides is 3. The molecule has 0 unspecified atom stereocenters. The lowest BCUT2D eigenvalue weighted by atomic mass is 9.85. The molecule has 0 radical (unpaired) electrons. The van der Waals surface area contributed by atoms with E-state index in [1.807, 2.05) is 0 Å². The van der Waals surface area contributed by atoms with Crippen molar-refractivity contribution in [3.8, 4) is 11.3 Å². The number of halogens is 4. The van der Waals surface area contributed by atoms with Gasteiger partial charge in [0.05, 0.1) is 17.2 Å². The van der Waals surface area contributed by atoms with Crippen LogP contribution in [0.2, 0.25) is 0 Å². The second kappa shape index (κ2) is 10.4. The third-order valence-corrected chi connectivity index (χ3v) is 7.51. The average Bonchev–Trinajstić information content (AvgIpc) is 3.27. The predicted octanol–water partition coefficient (Wildman–Crippen LogP) is 3.76. The molecule has 1 aromatic carbocycles. The Hall–Kier alpha value is -4.29. The second-order valence-electron chi connectivity index (χ2n) is 10.1. The van der Waals surface area contributed by atoms with Gasteiger partial charge in [-0.25, -0.2) is 4.39 Å². The summed E-state index contributed by atoms with van der Waals surface area (Å²) in [4.78, 5) is 42.6. The maximum absolute atomic E-state index is 13.5. The first kappa shape index (κ1) is 27.3. The lowest BCUT2D eigenvalue weighted by Crippen LogP contribution is -2.51. The van der Waals surface area contributed by atoms with Crippen LogP contribution >= 0.6 is 0 Å². The summed E-state index contributed by atoms with van der Waals surface area (Å²) in [6.45, 7) is 3.22. The number of fused-ring (bicyclic) bond motifs is 1. The van der Waals surface area contributed by atoms with Crippen LogP contribution < -0.4 is 11.1 Å². The van der Waals surface area contributed by atoms with Crippen LogP contribution in [0, 0.1) is 5.92 Å². The Labute approximate surface area is 226 Å². The lowest BCUT2D eigenvalue weighted by molar-refractivity contribution is -0.137. The monoisotopic (exact) mass is 558 g/mol. The molecule has 0 bridgehead atoms. The molecule has 210 valence electrons. The number of amides is 3. The largest absolute Gasteiger partial charge is 0.416 e. The number of nitrogens with zero attached hydrogens (tertiary/aromatic N) is 4. The normalized spacial score (nSPS) is 19.8. The highest BCUT2D eigenvalue weighted by Crippen LogP contribution is 2.36. The zero-order valence-electron chi connectivity index (χ0n) is 21.2. The van der Waals surface area contributed by atoms with Crippen molar-refractivity contribution in [2.45, 2.75) is 43.9 Å². The molecule has 3 heterocycles. The van der Waals surface area contributed by atoms with Crippen LogP contribution in [0.4, 0.5) is 17.6 Å². The summed E-state index contributed by atoms with van der Waals surface area (Å²) in [6.07, 6.45) is -0.804. The summed E-state index contributed by atoms with van der Waals surface area (Å²) in [7, 11) is 0. The van der Waals surface area contributed by atoms with Crippen LogP contribution in [0.25, 0.3) is 22.3 Å². The van der Waals surface area contributed by atoms with E-state index >= 15 is 0 Å². The molecule has 0 spiro atoms. The second-order valence-corrected chi connectivity index (χ2v) is 10.1. The smallest absolute Gasteiger partial charge is 0.369 e. The van der Waals surface area contributed by atoms with Crippen LogP contribution in [0.3, 0.4) is 0 Å². The highest BCUT2D eigenvalue weighted by molar-refractivity contribution is 6.07. The van der Waals surface area contributed by atoms with E-state index in [1.54, 1.807) is 0 Å². The van der Waals surface area contributed by atoms with E-state index in [-0.39, 0.29) is 42.2 Å². The van der Waals surface area contributed by atoms with Gasteiger partial charge in [-0.2, -0.15) is 18.3 Å². The third-order valence-electron chi connectivity index (χ3n) is 7.51. The standard InChI is InChI=1S/C27H26F4N6O3/c1-14(28)26(40)36-12-19(13-36)37-23-20(25(39)34-18-8-4-16(5-9-18)24(32)38)10-11-33-22(23)21(35-37)15-2-6-17(7-3-15)27(29,30)31/h2-3,6-7,10-11,16,18-19H,1,4-5,8-9,12-13H2,(H2,32,38)(H,34,39). The molecular formula is C27H26F4N6O3. The van der Waals surface area contributed by atoms with Crippen molar-refractivity contribution in [3.05, 3.63) is 60.1 Å². The van der Waals surface area contributed by atoms with Crippen LogP contribution in [-0.2, 0) is 15.8 Å². The van der Waals surface area contributed by atoms with Crippen molar-refractivity contribution >= 4 is 28.8 Å². The number of nitrogens with two attached hydrogens (primary N) is 1. The summed E-state index contributed by atoms with van der Waals surface area (Å²) < 4.78 is 54.3. The maximum Gasteiger partial charge on any atom is 0.416 e. The molecule has 1 aliphatic carbocycles. The van der Waals surface area contributed by atoms with Crippen molar-refractivity contribution in [1.82, 2.24) is 25.0 Å². The number of carbonyl (C=O) groups excluding carboxylic acids is 3. The number of primary amides is 1. The van der Waals surface area contributed by atoms with E-state index in [0.29, 0.717) is 42.3 Å². The van der Waals surface area contributed by atoms with Gasteiger partial charge in [-0.1, -0.05) is 18.7 Å². The third kappa shape index (κ3) is 5.15. The number of hydrogen-bond acceptors (Lipinski definition) is 5. The number of aromatic nitrogens is 3. The summed E-state index contributed by atoms with van der Waals surface area (Å²) >= 11 is 0. The fourth-order valence-corrected chi connectivity index (χ4v) is 5.26. The van der Waals surface area contributed by atoms with Crippen molar-refractivity contribution < 1.29 is 31.9 Å². The Bertz CT molecular complexity index is 1490. The first-order chi connectivity index (χ1) is 18.9. The van der Waals surface area contributed by atoms with Gasteiger partial charge in [-0.15, -0.1) is 0 Å². The Morgan fingerprint density at radius 1 is 1.02 bits per heavy atom. The molecule has 3 aromatic rings. The van der Waals surface area contributed by atoms with Crippen LogP contribution in [-0.4, -0.2) is 56.5 Å². The molecule has 0 atom stereocenters. The van der Waals surface area contributed by atoms with Crippen molar-refractivity contribution in [2.24, 2.45) is 11.7 Å². The van der Waals surface area contributed by atoms with E-state index in [9.17, 15) is 31.9 Å². The fraction of sp³-hybridized carbons (Fsp3) is 0.370. The van der Waals surface area contributed by atoms with Crippen molar-refractivity contribution in [1.29, 1.82) is 0 Å². The molecule has 3 N–H and O–H groups in total. The number of likely N-dealkylation sites (tertiary alicyclic amines) is 1. The minimum absolute atomic E-state index is 0.0953. The van der Waals surface area contributed by atoms with Gasteiger partial charge in [0.1, 0.15) is 16.7 Å². The number of nitrogens with one attached hydrogen (secondary N) is 1. The Kier molecular flexibility index (Phi) is 7.06. The number of pyridine rings is 1. The molecule has 3 amide bonds. The first-order valence-corrected chi connectivity index (χ1v) is 12.7. The van der Waals surface area contributed by atoms with E-state index in [1.165, 1.54) is 34.0 Å². The number of hydrogen-bond donors (Lipinski definition) is 2. The van der Waals surface area contributed by atoms with Crippen LogP contribution in [0.15, 0.2) is 48.9 Å². The minimum atomic E-state index is -4.51. The zero-order valence-corrected chi connectivity index (χ0v) is 21.2. The fourth-order valence-electron chi connectivity index (χ4n) is 5.26. The molecule has 2 aromatic heterocycles. The van der Waals surface area contributed by atoms with Crippen LogP contribution in [0.1, 0.15) is 47.6 Å². The molecule has 9 nitrogen and oxygen atoms in total. The molecule has 1 saturated carbocycles. The Balaban J connectivity index is 1.50. The minimum Gasteiger partial charge on any atom is -0.369 e. The average molecular weight is 559 g/mol. The summed E-state index contributed by atoms with van der Waals surface area (Å²) in [5, 5.41) is 7.61. The van der Waals surface area contributed by atoms with Crippen LogP contribution in [0.5, 0.6) is 0 Å². The molecule has 1 aliphatic heterocycles. The Morgan fingerprint density at radius 3 is 2.25 bits per heavy atom. The summed E-state index contributed by atoms with van der Waals surface area (Å²) in [5.41, 5.74) is 6.09. The molecular weight excluding hydrogens is 532 g/mol. The SMILES string of the molecule is C=C(F)C(=O)N1CC(n2nc(-c3ccc(C(F)(F)F)cc3)c3nccc(C(=O)NC4CCC(C(N)=O)CC4)c32)C1. The quantitative estimate of drug-likeness (QED) is 0.352. The highest BCUT2D eigenvalue weighted by atomic mass is 19.4. The van der Waals surface area contributed by atoms with Gasteiger partial charge < -0.3 is 16.0 Å². The van der Waals surface area contributed by atoms with E-state index < -0.39 is 35.4 Å². The molecule has 40 heavy (non-hydrogen) atoms. The van der Waals surface area contributed by atoms with E-state index in [2.05, 4.69) is 22.0 Å². The van der Waals surface area contributed by atoms with E-state index in [4.69, 9.17) is 5.73 Å². The first-order valence-electron chi connectivity index (χ1n) is 12.7. The highest BCUT2D eigenvalue weighted by Gasteiger charge is 2.37. The van der Waals surface area contributed by atoms with Gasteiger partial charge >= 0.3 is 6.18 Å². The number of carbonyl (C=O) groups is 3. The van der Waals surface area contributed by atoms with Gasteiger partial charge in [-0.05, 0) is 43.9 Å². The number of rotatable bonds is 6. The van der Waals surface area contributed by atoms with E-state index in [0.717, 1.165) is 12.1 Å². The van der Waals surface area contributed by atoms with Gasteiger partial charge in [0.15, 0.2) is 5.83 Å². The van der Waals surface area contributed by atoms with Crippen molar-refractivity contribution in [2.75, 3.05) is 13.1 Å². The summed E-state index contributed by atoms with van der Waals surface area (Å²) in [6, 6.07) is 5.35. The molecule has 2 aliphatic rings. The van der Waals surface area contributed by atoms with Gasteiger partial charge in [0.25, 0.3) is 11.8 Å².